The first kappa shape index (κ1) is 15.3. The van der Waals surface area contributed by atoms with E-state index >= 15 is 0 Å². The minimum absolute atomic E-state index is 0.780. The van der Waals surface area contributed by atoms with Gasteiger partial charge in [-0.2, -0.15) is 0 Å². The van der Waals surface area contributed by atoms with E-state index < -0.39 is 0 Å². The number of hydrogen-bond acceptors (Lipinski definition) is 3. The summed E-state index contributed by atoms with van der Waals surface area (Å²) in [6.45, 7) is 9.85. The lowest BCUT2D eigenvalue weighted by Gasteiger charge is -2.36. The van der Waals surface area contributed by atoms with Gasteiger partial charge in [0.1, 0.15) is 0 Å². The molecule has 1 saturated heterocycles. The Morgan fingerprint density at radius 1 is 1.00 bits per heavy atom. The molecule has 2 fully saturated rings. The van der Waals surface area contributed by atoms with E-state index in [0.717, 1.165) is 12.0 Å². The summed E-state index contributed by atoms with van der Waals surface area (Å²) in [6.07, 6.45) is 8.43. The molecule has 1 saturated carbocycles. The van der Waals surface area contributed by atoms with E-state index in [0.29, 0.717) is 0 Å². The number of hydrogen-bond donors (Lipinski definition) is 1. The highest BCUT2D eigenvalue weighted by Gasteiger charge is 2.26. The van der Waals surface area contributed by atoms with Crippen molar-refractivity contribution in [1.82, 2.24) is 15.1 Å². The van der Waals surface area contributed by atoms with Gasteiger partial charge in [0.15, 0.2) is 0 Å². The third-order valence-electron chi connectivity index (χ3n) is 4.90. The molecule has 0 aromatic heterocycles. The maximum Gasteiger partial charge on any atom is 0.0110 e. The first-order chi connectivity index (χ1) is 9.29. The summed E-state index contributed by atoms with van der Waals surface area (Å²) >= 11 is 0. The van der Waals surface area contributed by atoms with Crippen molar-refractivity contribution >= 4 is 0 Å². The van der Waals surface area contributed by atoms with E-state index in [1.807, 2.05) is 0 Å². The fraction of sp³-hybridized carbons (Fsp3) is 1.00. The zero-order valence-corrected chi connectivity index (χ0v) is 13.0. The largest absolute Gasteiger partial charge is 0.314 e. The van der Waals surface area contributed by atoms with Crippen LogP contribution < -0.4 is 5.32 Å². The van der Waals surface area contributed by atoms with E-state index in [-0.39, 0.29) is 0 Å². The molecule has 3 nitrogen and oxygen atoms in total. The summed E-state index contributed by atoms with van der Waals surface area (Å²) in [6, 6.07) is 0.780. The van der Waals surface area contributed by atoms with Crippen LogP contribution in [-0.4, -0.2) is 62.2 Å². The number of nitrogens with zero attached hydrogens (tertiary/aromatic N) is 2. The van der Waals surface area contributed by atoms with E-state index in [4.69, 9.17) is 0 Å². The van der Waals surface area contributed by atoms with Crippen molar-refractivity contribution < 1.29 is 0 Å². The summed E-state index contributed by atoms with van der Waals surface area (Å²) < 4.78 is 0. The van der Waals surface area contributed by atoms with Crippen LogP contribution in [0.15, 0.2) is 0 Å². The van der Waals surface area contributed by atoms with E-state index in [1.54, 1.807) is 0 Å². The second-order valence-corrected chi connectivity index (χ2v) is 6.56. The Kier molecular flexibility index (Phi) is 6.62. The summed E-state index contributed by atoms with van der Waals surface area (Å²) in [7, 11) is 2.24. The van der Waals surface area contributed by atoms with Crippen LogP contribution in [0.1, 0.15) is 45.4 Å². The molecule has 1 aliphatic carbocycles. The second kappa shape index (κ2) is 8.23. The van der Waals surface area contributed by atoms with Gasteiger partial charge in [0, 0.05) is 38.8 Å². The Bertz CT molecular complexity index is 236. The van der Waals surface area contributed by atoms with Crippen LogP contribution in [0.2, 0.25) is 0 Å². The van der Waals surface area contributed by atoms with Gasteiger partial charge in [-0.1, -0.05) is 26.2 Å². The van der Waals surface area contributed by atoms with Crippen LogP contribution in [0.3, 0.4) is 0 Å². The van der Waals surface area contributed by atoms with E-state index in [2.05, 4.69) is 29.1 Å². The highest BCUT2D eigenvalue weighted by atomic mass is 15.2. The van der Waals surface area contributed by atoms with Gasteiger partial charge in [0.25, 0.3) is 0 Å². The SMILES string of the molecule is CCCNC1CCCCCC1CN1CCN(C)CC1. The zero-order valence-electron chi connectivity index (χ0n) is 13.0. The minimum Gasteiger partial charge on any atom is -0.314 e. The topological polar surface area (TPSA) is 18.5 Å². The summed E-state index contributed by atoms with van der Waals surface area (Å²) in [5, 5.41) is 3.82. The van der Waals surface area contributed by atoms with Crippen LogP contribution in [0.25, 0.3) is 0 Å². The van der Waals surface area contributed by atoms with Gasteiger partial charge in [0.2, 0.25) is 0 Å². The average molecular weight is 267 g/mol. The van der Waals surface area contributed by atoms with Crippen LogP contribution in [-0.2, 0) is 0 Å². The second-order valence-electron chi connectivity index (χ2n) is 6.56. The van der Waals surface area contributed by atoms with Crippen LogP contribution >= 0.6 is 0 Å². The lowest BCUT2D eigenvalue weighted by Crippen LogP contribution is -2.49. The monoisotopic (exact) mass is 267 g/mol. The molecular formula is C16H33N3. The van der Waals surface area contributed by atoms with Gasteiger partial charge in [-0.25, -0.2) is 0 Å². The Morgan fingerprint density at radius 3 is 2.47 bits per heavy atom. The minimum atomic E-state index is 0.780. The molecule has 1 N–H and O–H groups in total. The van der Waals surface area contributed by atoms with E-state index in [9.17, 15) is 0 Å². The van der Waals surface area contributed by atoms with Crippen molar-refractivity contribution in [2.24, 2.45) is 5.92 Å². The molecule has 112 valence electrons. The number of rotatable bonds is 5. The highest BCUT2D eigenvalue weighted by Crippen LogP contribution is 2.24. The first-order valence-corrected chi connectivity index (χ1v) is 8.44. The van der Waals surface area contributed by atoms with Gasteiger partial charge >= 0.3 is 0 Å². The summed E-state index contributed by atoms with van der Waals surface area (Å²) in [5.41, 5.74) is 0. The van der Waals surface area contributed by atoms with Crippen molar-refractivity contribution in [3.8, 4) is 0 Å². The highest BCUT2D eigenvalue weighted by molar-refractivity contribution is 4.83. The molecular weight excluding hydrogens is 234 g/mol. The fourth-order valence-corrected chi connectivity index (χ4v) is 3.56. The molecule has 2 atom stereocenters. The molecule has 19 heavy (non-hydrogen) atoms. The zero-order chi connectivity index (χ0) is 13.5. The predicted octanol–water partition coefficient (Wildman–Crippen LogP) is 2.18. The molecule has 1 aliphatic heterocycles. The molecule has 0 aromatic carbocycles. The van der Waals surface area contributed by atoms with Crippen molar-refractivity contribution in [2.75, 3.05) is 46.3 Å². The fourth-order valence-electron chi connectivity index (χ4n) is 3.56. The molecule has 0 bridgehead atoms. The molecule has 2 rings (SSSR count). The number of nitrogens with one attached hydrogen (secondary N) is 1. The number of likely N-dealkylation sites (N-methyl/N-ethyl adjacent to an activating group) is 1. The quantitative estimate of drug-likeness (QED) is 0.770. The Balaban J connectivity index is 1.82. The van der Waals surface area contributed by atoms with Crippen molar-refractivity contribution in [2.45, 2.75) is 51.5 Å². The van der Waals surface area contributed by atoms with E-state index in [1.165, 1.54) is 77.8 Å². The van der Waals surface area contributed by atoms with Crippen molar-refractivity contribution in [1.29, 1.82) is 0 Å². The van der Waals surface area contributed by atoms with Gasteiger partial charge in [0.05, 0.1) is 0 Å². The molecule has 0 radical (unpaired) electrons. The molecule has 1 heterocycles. The number of piperazine rings is 1. The first-order valence-electron chi connectivity index (χ1n) is 8.44. The lowest BCUT2D eigenvalue weighted by atomic mass is 9.93. The molecule has 2 unspecified atom stereocenters. The maximum absolute atomic E-state index is 3.82. The average Bonchev–Trinajstić information content (AvgIpc) is 2.64. The Morgan fingerprint density at radius 2 is 1.74 bits per heavy atom. The maximum atomic E-state index is 3.82. The molecule has 3 heteroatoms. The Labute approximate surface area is 119 Å². The third kappa shape index (κ3) is 5.05. The van der Waals surface area contributed by atoms with Gasteiger partial charge in [-0.05, 0) is 38.8 Å². The summed E-state index contributed by atoms with van der Waals surface area (Å²) in [4.78, 5) is 5.16. The molecule has 0 aromatic rings. The predicted molar refractivity (Wildman–Crippen MR) is 82.6 cm³/mol. The Hall–Kier alpha value is -0.120. The molecule has 2 aliphatic rings. The molecule has 0 spiro atoms. The van der Waals surface area contributed by atoms with Crippen LogP contribution in [0, 0.1) is 5.92 Å². The van der Waals surface area contributed by atoms with Crippen molar-refractivity contribution in [3.05, 3.63) is 0 Å². The van der Waals surface area contributed by atoms with Crippen LogP contribution in [0.4, 0.5) is 0 Å². The van der Waals surface area contributed by atoms with Crippen LogP contribution in [0.5, 0.6) is 0 Å². The van der Waals surface area contributed by atoms with Crippen molar-refractivity contribution in [3.63, 3.8) is 0 Å². The van der Waals surface area contributed by atoms with Gasteiger partial charge in [-0.15, -0.1) is 0 Å². The normalized spacial score (nSPS) is 31.3. The smallest absolute Gasteiger partial charge is 0.0110 e. The third-order valence-corrected chi connectivity index (χ3v) is 4.90. The van der Waals surface area contributed by atoms with Gasteiger partial charge < -0.3 is 15.1 Å². The summed E-state index contributed by atoms with van der Waals surface area (Å²) in [5.74, 6) is 0.887. The van der Waals surface area contributed by atoms with Gasteiger partial charge in [-0.3, -0.25) is 0 Å². The molecule has 0 amide bonds. The standard InChI is InChI=1S/C16H33N3/c1-3-9-17-16-8-6-4-5-7-15(16)14-19-12-10-18(2)11-13-19/h15-17H,3-14H2,1-2H3. The lowest BCUT2D eigenvalue weighted by molar-refractivity contribution is 0.123.